The van der Waals surface area contributed by atoms with E-state index in [2.05, 4.69) is 6.92 Å². The number of rotatable bonds is 4. The molecule has 0 radical (unpaired) electrons. The zero-order chi connectivity index (χ0) is 21.1. The molecule has 2 aliphatic heterocycles. The lowest BCUT2D eigenvalue weighted by atomic mass is 9.92. The number of thiophene rings is 1. The van der Waals surface area contributed by atoms with Gasteiger partial charge in [0.15, 0.2) is 0 Å². The van der Waals surface area contributed by atoms with Crippen molar-refractivity contribution in [1.29, 1.82) is 0 Å². The Balaban J connectivity index is 1.41. The highest BCUT2D eigenvalue weighted by Gasteiger charge is 2.33. The van der Waals surface area contributed by atoms with Gasteiger partial charge in [-0.2, -0.15) is 0 Å². The van der Waals surface area contributed by atoms with E-state index >= 15 is 0 Å². The highest BCUT2D eigenvalue weighted by atomic mass is 32.1. The molecule has 1 aromatic carbocycles. The minimum atomic E-state index is 0.0107. The molecule has 2 aliphatic rings. The van der Waals surface area contributed by atoms with Crippen LogP contribution in [0.25, 0.3) is 10.4 Å². The smallest absolute Gasteiger partial charge is 0.267 e. The first-order chi connectivity index (χ1) is 14.6. The van der Waals surface area contributed by atoms with E-state index in [-0.39, 0.29) is 17.7 Å². The second kappa shape index (κ2) is 9.21. The quantitative estimate of drug-likeness (QED) is 0.721. The van der Waals surface area contributed by atoms with Gasteiger partial charge in [-0.1, -0.05) is 37.3 Å². The minimum absolute atomic E-state index is 0.0107. The van der Waals surface area contributed by atoms with Crippen LogP contribution in [-0.4, -0.2) is 54.9 Å². The molecule has 2 fully saturated rings. The molecule has 0 spiro atoms. The molecule has 3 heterocycles. The molecule has 2 saturated heterocycles. The van der Waals surface area contributed by atoms with Gasteiger partial charge < -0.3 is 14.5 Å². The number of hydrogen-bond acceptors (Lipinski definition) is 4. The van der Waals surface area contributed by atoms with Crippen molar-refractivity contribution in [3.05, 3.63) is 41.3 Å². The second-order valence-corrected chi connectivity index (χ2v) is 9.52. The number of piperidine rings is 2. The third-order valence-corrected chi connectivity index (χ3v) is 7.42. The highest BCUT2D eigenvalue weighted by molar-refractivity contribution is 7.17. The Labute approximate surface area is 182 Å². The van der Waals surface area contributed by atoms with Crippen LogP contribution in [0.5, 0.6) is 5.75 Å². The average Bonchev–Trinajstić information content (AvgIpc) is 3.23. The first-order valence-corrected chi connectivity index (χ1v) is 11.7. The van der Waals surface area contributed by atoms with Crippen molar-refractivity contribution in [2.45, 2.75) is 32.6 Å². The summed E-state index contributed by atoms with van der Waals surface area (Å²) in [5.74, 6) is 1.56. The van der Waals surface area contributed by atoms with Crippen molar-refractivity contribution in [3.8, 4) is 16.2 Å². The van der Waals surface area contributed by atoms with Crippen LogP contribution >= 0.6 is 11.3 Å². The standard InChI is InChI=1S/C24H30N2O3S/c1-17-7-6-12-26(16-17)23(27)19-10-13-25(14-11-19)24(28)22-20(29-2)15-21(30-22)18-8-4-3-5-9-18/h3-5,8-9,15,17,19H,6-7,10-14,16H2,1-2H3. The van der Waals surface area contributed by atoms with Crippen molar-refractivity contribution >= 4 is 23.2 Å². The zero-order valence-electron chi connectivity index (χ0n) is 17.8. The molecule has 1 unspecified atom stereocenters. The van der Waals surface area contributed by atoms with Crippen LogP contribution in [-0.2, 0) is 4.79 Å². The fourth-order valence-corrected chi connectivity index (χ4v) is 5.64. The number of methoxy groups -OCH3 is 1. The Hall–Kier alpha value is -2.34. The number of carbonyl (C=O) groups is 2. The van der Waals surface area contributed by atoms with E-state index in [0.29, 0.717) is 29.6 Å². The summed E-state index contributed by atoms with van der Waals surface area (Å²) in [5.41, 5.74) is 1.08. The molecule has 0 saturated carbocycles. The maximum atomic E-state index is 13.2. The molecule has 0 aliphatic carbocycles. The molecule has 5 nitrogen and oxygen atoms in total. The Morgan fingerprint density at radius 3 is 2.43 bits per heavy atom. The van der Waals surface area contributed by atoms with Crippen LogP contribution in [0.15, 0.2) is 36.4 Å². The molecule has 0 bridgehead atoms. The maximum absolute atomic E-state index is 13.2. The van der Waals surface area contributed by atoms with Gasteiger partial charge in [-0.3, -0.25) is 9.59 Å². The van der Waals surface area contributed by atoms with Gasteiger partial charge in [0.25, 0.3) is 5.91 Å². The largest absolute Gasteiger partial charge is 0.495 e. The molecule has 6 heteroatoms. The first-order valence-electron chi connectivity index (χ1n) is 10.9. The Kier molecular flexibility index (Phi) is 6.42. The normalized spacial score (nSPS) is 20.3. The van der Waals surface area contributed by atoms with Crippen molar-refractivity contribution in [3.63, 3.8) is 0 Å². The van der Waals surface area contributed by atoms with Crippen molar-refractivity contribution in [1.82, 2.24) is 9.80 Å². The number of hydrogen-bond donors (Lipinski definition) is 0. The van der Waals surface area contributed by atoms with Crippen LogP contribution in [0, 0.1) is 11.8 Å². The van der Waals surface area contributed by atoms with Crippen LogP contribution in [0.2, 0.25) is 0 Å². The fraction of sp³-hybridized carbons (Fsp3) is 0.500. The Bertz CT molecular complexity index is 887. The summed E-state index contributed by atoms with van der Waals surface area (Å²) < 4.78 is 5.51. The zero-order valence-corrected chi connectivity index (χ0v) is 18.6. The van der Waals surface area contributed by atoms with E-state index in [1.165, 1.54) is 17.8 Å². The second-order valence-electron chi connectivity index (χ2n) is 8.47. The number of ether oxygens (including phenoxy) is 1. The summed E-state index contributed by atoms with van der Waals surface area (Å²) in [7, 11) is 1.61. The van der Waals surface area contributed by atoms with Crippen molar-refractivity contribution in [2.24, 2.45) is 11.8 Å². The van der Waals surface area contributed by atoms with E-state index in [1.54, 1.807) is 7.11 Å². The molecule has 0 N–H and O–H groups in total. The average molecular weight is 427 g/mol. The van der Waals surface area contributed by atoms with Gasteiger partial charge in [0.05, 0.1) is 7.11 Å². The van der Waals surface area contributed by atoms with Gasteiger partial charge in [0.1, 0.15) is 10.6 Å². The summed E-state index contributed by atoms with van der Waals surface area (Å²) in [5, 5.41) is 0. The van der Waals surface area contributed by atoms with Crippen molar-refractivity contribution in [2.75, 3.05) is 33.3 Å². The van der Waals surface area contributed by atoms with Gasteiger partial charge in [-0.05, 0) is 43.2 Å². The molecule has 1 atom stereocenters. The predicted octanol–water partition coefficient (Wildman–Crippen LogP) is 4.53. The van der Waals surface area contributed by atoms with Gasteiger partial charge in [0, 0.05) is 37.0 Å². The van der Waals surface area contributed by atoms with E-state index < -0.39 is 0 Å². The number of amides is 2. The van der Waals surface area contributed by atoms with Gasteiger partial charge >= 0.3 is 0 Å². The molecule has 2 aromatic rings. The number of benzene rings is 1. The number of nitrogens with zero attached hydrogens (tertiary/aromatic N) is 2. The van der Waals surface area contributed by atoms with Crippen LogP contribution < -0.4 is 4.74 Å². The number of carbonyl (C=O) groups excluding carboxylic acids is 2. The Morgan fingerprint density at radius 2 is 1.77 bits per heavy atom. The molecule has 160 valence electrons. The monoisotopic (exact) mass is 426 g/mol. The maximum Gasteiger partial charge on any atom is 0.267 e. The lowest BCUT2D eigenvalue weighted by molar-refractivity contribution is -0.138. The molecular formula is C24H30N2O3S. The molecule has 1 aromatic heterocycles. The summed E-state index contributed by atoms with van der Waals surface area (Å²) in [4.78, 5) is 31.7. The van der Waals surface area contributed by atoms with Crippen LogP contribution in [0.3, 0.4) is 0 Å². The van der Waals surface area contributed by atoms with Gasteiger partial charge in [-0.25, -0.2) is 0 Å². The van der Waals surface area contributed by atoms with Crippen LogP contribution in [0.1, 0.15) is 42.3 Å². The van der Waals surface area contributed by atoms with E-state index in [0.717, 1.165) is 42.8 Å². The summed E-state index contributed by atoms with van der Waals surface area (Å²) in [6.07, 6.45) is 3.81. The third kappa shape index (κ3) is 4.38. The predicted molar refractivity (Wildman–Crippen MR) is 120 cm³/mol. The van der Waals surface area contributed by atoms with Crippen molar-refractivity contribution < 1.29 is 14.3 Å². The molecule has 2 amide bonds. The van der Waals surface area contributed by atoms with Gasteiger partial charge in [-0.15, -0.1) is 11.3 Å². The third-order valence-electron chi connectivity index (χ3n) is 6.27. The molecule has 4 rings (SSSR count). The van der Waals surface area contributed by atoms with Gasteiger partial charge in [0.2, 0.25) is 5.91 Å². The topological polar surface area (TPSA) is 49.9 Å². The summed E-state index contributed by atoms with van der Waals surface area (Å²) in [6, 6.07) is 12.0. The molecule has 30 heavy (non-hydrogen) atoms. The lowest BCUT2D eigenvalue weighted by Gasteiger charge is -2.37. The van der Waals surface area contributed by atoms with Crippen LogP contribution in [0.4, 0.5) is 0 Å². The summed E-state index contributed by atoms with van der Waals surface area (Å²) in [6.45, 7) is 5.24. The lowest BCUT2D eigenvalue weighted by Crippen LogP contribution is -2.46. The first kappa shape index (κ1) is 20.9. The number of likely N-dealkylation sites (tertiary alicyclic amines) is 2. The van der Waals surface area contributed by atoms with E-state index in [1.807, 2.05) is 46.2 Å². The van der Waals surface area contributed by atoms with E-state index in [4.69, 9.17) is 4.74 Å². The molecular weight excluding hydrogens is 396 g/mol. The summed E-state index contributed by atoms with van der Waals surface area (Å²) >= 11 is 1.48. The fourth-order valence-electron chi connectivity index (χ4n) is 4.54. The highest BCUT2D eigenvalue weighted by Crippen LogP contribution is 2.37. The minimum Gasteiger partial charge on any atom is -0.495 e. The Morgan fingerprint density at radius 1 is 1.03 bits per heavy atom. The SMILES string of the molecule is COc1cc(-c2ccccc2)sc1C(=O)N1CCC(C(=O)N2CCCC(C)C2)CC1. The van der Waals surface area contributed by atoms with E-state index in [9.17, 15) is 9.59 Å².